The molecule has 130 valence electrons. The topological polar surface area (TPSA) is 67.2 Å². The molecule has 25 heavy (non-hydrogen) atoms. The van der Waals surface area contributed by atoms with Crippen LogP contribution in [0.3, 0.4) is 0 Å². The maximum absolute atomic E-state index is 11.5. The lowest BCUT2D eigenvalue weighted by Crippen LogP contribution is -2.21. The summed E-state index contributed by atoms with van der Waals surface area (Å²) in [6.45, 7) is 6.22. The lowest BCUT2D eigenvalue weighted by Gasteiger charge is -2.20. The van der Waals surface area contributed by atoms with Crippen molar-refractivity contribution in [3.8, 4) is 0 Å². The van der Waals surface area contributed by atoms with Crippen LogP contribution in [0, 0.1) is 0 Å². The highest BCUT2D eigenvalue weighted by atomic mass is 32.1. The molecule has 0 bridgehead atoms. The molecule has 0 unspecified atom stereocenters. The molecule has 2 heterocycles. The van der Waals surface area contributed by atoms with Gasteiger partial charge < -0.3 is 9.64 Å². The third-order valence-electron chi connectivity index (χ3n) is 3.69. The third-order valence-corrected chi connectivity index (χ3v) is 5.72. The molecule has 2 aromatic heterocycles. The van der Waals surface area contributed by atoms with Crippen LogP contribution in [-0.2, 0) is 4.74 Å². The van der Waals surface area contributed by atoms with Crippen LogP contribution in [0.25, 0.3) is 9.53 Å². The number of benzene rings is 1. The second-order valence-electron chi connectivity index (χ2n) is 5.16. The minimum absolute atomic E-state index is 0.341. The lowest BCUT2D eigenvalue weighted by molar-refractivity contribution is 0.0606. The quantitative estimate of drug-likeness (QED) is 0.427. The average Bonchev–Trinajstić information content (AvgIpc) is 3.20. The van der Waals surface area contributed by atoms with Crippen molar-refractivity contribution in [3.05, 3.63) is 35.2 Å². The fourth-order valence-corrected chi connectivity index (χ4v) is 4.34. The van der Waals surface area contributed by atoms with Crippen LogP contribution in [-0.4, -0.2) is 31.2 Å². The number of azo groups is 1. The molecule has 0 fully saturated rings. The third kappa shape index (κ3) is 3.85. The first kappa shape index (κ1) is 17.5. The number of hydrogen-bond acceptors (Lipinski definition) is 8. The minimum atomic E-state index is -0.341. The number of fused-ring (bicyclic) bond motifs is 1. The van der Waals surface area contributed by atoms with Crippen molar-refractivity contribution >= 4 is 54.7 Å². The normalized spacial score (nSPS) is 11.3. The summed E-state index contributed by atoms with van der Waals surface area (Å²) in [6, 6.07) is 9.77. The fraction of sp³-hybridized carbons (Fsp3) is 0.294. The van der Waals surface area contributed by atoms with Crippen LogP contribution in [0.15, 0.2) is 40.6 Å². The van der Waals surface area contributed by atoms with E-state index in [9.17, 15) is 4.79 Å². The number of ether oxygens (including phenoxy) is 1. The number of methoxy groups -OCH3 is 1. The number of thiazole rings is 1. The number of esters is 1. The Morgan fingerprint density at radius 3 is 2.48 bits per heavy atom. The molecule has 8 heteroatoms. The van der Waals surface area contributed by atoms with Gasteiger partial charge in [-0.15, -0.1) is 21.6 Å². The highest BCUT2D eigenvalue weighted by Gasteiger charge is 2.14. The maximum atomic E-state index is 11.5. The number of hydrogen-bond donors (Lipinski definition) is 0. The summed E-state index contributed by atoms with van der Waals surface area (Å²) in [5, 5.41) is 9.02. The van der Waals surface area contributed by atoms with E-state index in [2.05, 4.69) is 34.0 Å². The van der Waals surface area contributed by atoms with E-state index in [1.807, 2.05) is 24.3 Å². The first-order valence-corrected chi connectivity index (χ1v) is 9.53. The molecular weight excluding hydrogens is 356 g/mol. The molecule has 1 aromatic carbocycles. The first-order valence-electron chi connectivity index (χ1n) is 7.90. The Balaban J connectivity index is 1.74. The van der Waals surface area contributed by atoms with Crippen LogP contribution < -0.4 is 4.90 Å². The standard InChI is InChI=1S/C17H18N4O2S2/c1-4-21(5-2)12-8-6-11(7-9-12)19-20-17-18-15-13(25-17)10-14(24-15)16(22)23-3/h6-10H,4-5H2,1-3H3. The summed E-state index contributed by atoms with van der Waals surface area (Å²) < 4.78 is 5.63. The number of thiophene rings is 1. The summed E-state index contributed by atoms with van der Waals surface area (Å²) >= 11 is 2.70. The van der Waals surface area contributed by atoms with Gasteiger partial charge in [0.05, 0.1) is 17.5 Å². The molecule has 0 aliphatic rings. The zero-order valence-corrected chi connectivity index (χ0v) is 15.9. The fourth-order valence-electron chi connectivity index (χ4n) is 2.39. The molecule has 0 aliphatic heterocycles. The van der Waals surface area contributed by atoms with Gasteiger partial charge in [-0.3, -0.25) is 0 Å². The Kier molecular flexibility index (Phi) is 5.40. The van der Waals surface area contributed by atoms with Gasteiger partial charge in [0.2, 0.25) is 5.13 Å². The second kappa shape index (κ2) is 7.71. The van der Waals surface area contributed by atoms with Gasteiger partial charge in [-0.25, -0.2) is 9.78 Å². The molecule has 0 atom stereocenters. The Morgan fingerprint density at radius 1 is 1.16 bits per heavy atom. The summed E-state index contributed by atoms with van der Waals surface area (Å²) in [5.41, 5.74) is 1.96. The van der Waals surface area contributed by atoms with Crippen molar-refractivity contribution in [1.82, 2.24) is 4.98 Å². The maximum Gasteiger partial charge on any atom is 0.348 e. The first-order chi connectivity index (χ1) is 12.1. The Labute approximate surface area is 153 Å². The van der Waals surface area contributed by atoms with Crippen molar-refractivity contribution in [3.63, 3.8) is 0 Å². The monoisotopic (exact) mass is 374 g/mol. The Bertz CT molecular complexity index is 864. The highest BCUT2D eigenvalue weighted by Crippen LogP contribution is 2.35. The van der Waals surface area contributed by atoms with E-state index < -0.39 is 0 Å². The SMILES string of the molecule is CCN(CC)c1ccc(N=Nc2nc3sc(C(=O)OC)cc3s2)cc1. The van der Waals surface area contributed by atoms with Gasteiger partial charge in [-0.2, -0.15) is 0 Å². The molecule has 0 N–H and O–H groups in total. The van der Waals surface area contributed by atoms with E-state index >= 15 is 0 Å². The van der Waals surface area contributed by atoms with Gasteiger partial charge in [0.15, 0.2) is 0 Å². The molecule has 6 nitrogen and oxygen atoms in total. The van der Waals surface area contributed by atoms with Gasteiger partial charge in [-0.05, 0) is 44.2 Å². The van der Waals surface area contributed by atoms with E-state index in [1.54, 1.807) is 6.07 Å². The predicted octanol–water partition coefficient (Wildman–Crippen LogP) is 5.41. The summed E-state index contributed by atoms with van der Waals surface area (Å²) in [4.78, 5) is 19.5. The molecule has 0 aliphatic carbocycles. The van der Waals surface area contributed by atoms with Crippen LogP contribution in [0.2, 0.25) is 0 Å². The zero-order valence-electron chi connectivity index (χ0n) is 14.2. The van der Waals surface area contributed by atoms with E-state index in [4.69, 9.17) is 4.74 Å². The molecule has 3 rings (SSSR count). The summed E-state index contributed by atoms with van der Waals surface area (Å²) in [7, 11) is 1.37. The van der Waals surface area contributed by atoms with E-state index in [1.165, 1.54) is 35.5 Å². The Morgan fingerprint density at radius 2 is 1.88 bits per heavy atom. The zero-order chi connectivity index (χ0) is 17.8. The number of carbonyl (C=O) groups is 1. The summed E-state index contributed by atoms with van der Waals surface area (Å²) in [5.74, 6) is -0.341. The number of rotatable bonds is 6. The van der Waals surface area contributed by atoms with Crippen LogP contribution in [0.4, 0.5) is 16.5 Å². The van der Waals surface area contributed by atoms with Gasteiger partial charge in [0, 0.05) is 18.8 Å². The van der Waals surface area contributed by atoms with Gasteiger partial charge in [-0.1, -0.05) is 11.3 Å². The minimum Gasteiger partial charge on any atom is -0.465 e. The molecular formula is C17H18N4O2S2. The van der Waals surface area contributed by atoms with Gasteiger partial charge in [0.25, 0.3) is 0 Å². The average molecular weight is 374 g/mol. The van der Waals surface area contributed by atoms with Crippen molar-refractivity contribution in [2.75, 3.05) is 25.1 Å². The van der Waals surface area contributed by atoms with Crippen LogP contribution in [0.1, 0.15) is 23.5 Å². The van der Waals surface area contributed by atoms with Gasteiger partial charge >= 0.3 is 5.97 Å². The smallest absolute Gasteiger partial charge is 0.348 e. The predicted molar refractivity (Wildman–Crippen MR) is 103 cm³/mol. The van der Waals surface area contributed by atoms with Crippen LogP contribution in [0.5, 0.6) is 0 Å². The Hall–Kier alpha value is -2.32. The van der Waals surface area contributed by atoms with E-state index in [0.29, 0.717) is 10.0 Å². The highest BCUT2D eigenvalue weighted by molar-refractivity contribution is 7.29. The molecule has 3 aromatic rings. The van der Waals surface area contributed by atoms with Crippen molar-refractivity contribution in [2.24, 2.45) is 10.2 Å². The number of nitrogens with zero attached hydrogens (tertiary/aromatic N) is 4. The van der Waals surface area contributed by atoms with Crippen LogP contribution >= 0.6 is 22.7 Å². The van der Waals surface area contributed by atoms with Gasteiger partial charge in [0.1, 0.15) is 9.71 Å². The lowest BCUT2D eigenvalue weighted by atomic mass is 10.2. The molecule has 0 spiro atoms. The van der Waals surface area contributed by atoms with Crippen molar-refractivity contribution in [2.45, 2.75) is 13.8 Å². The molecule has 0 saturated carbocycles. The largest absolute Gasteiger partial charge is 0.465 e. The number of aromatic nitrogens is 1. The molecule has 0 amide bonds. The molecule has 0 radical (unpaired) electrons. The molecule has 0 saturated heterocycles. The van der Waals surface area contributed by atoms with Crippen molar-refractivity contribution in [1.29, 1.82) is 0 Å². The number of carbonyl (C=O) groups excluding carboxylic acids is 1. The van der Waals surface area contributed by atoms with E-state index in [0.717, 1.165) is 28.3 Å². The second-order valence-corrected chi connectivity index (χ2v) is 7.20. The van der Waals surface area contributed by atoms with Crippen molar-refractivity contribution < 1.29 is 9.53 Å². The summed E-state index contributed by atoms with van der Waals surface area (Å²) in [6.07, 6.45) is 0. The number of anilines is 1. The van der Waals surface area contributed by atoms with E-state index in [-0.39, 0.29) is 5.97 Å².